The molecule has 0 N–H and O–H groups in total. The van der Waals surface area contributed by atoms with Gasteiger partial charge in [0.05, 0.1) is 11.1 Å². The Morgan fingerprint density at radius 2 is 2.00 bits per heavy atom. The summed E-state index contributed by atoms with van der Waals surface area (Å²) < 4.78 is 39.7. The van der Waals surface area contributed by atoms with Crippen LogP contribution in [0, 0.1) is 0 Å². The number of nitrogens with zero attached hydrogens (tertiary/aromatic N) is 2. The van der Waals surface area contributed by atoms with Crippen molar-refractivity contribution >= 4 is 6.29 Å². The minimum absolute atomic E-state index is 0.0215. The quantitative estimate of drug-likeness (QED) is 0.799. The molecule has 20 heavy (non-hydrogen) atoms. The number of hydrogen-bond acceptors (Lipinski definition) is 2. The van der Waals surface area contributed by atoms with E-state index in [0.717, 1.165) is 12.1 Å². The number of aromatic nitrogens is 2. The molecule has 0 aliphatic rings. The van der Waals surface area contributed by atoms with E-state index in [-0.39, 0.29) is 22.9 Å². The van der Waals surface area contributed by atoms with Gasteiger partial charge in [0.1, 0.15) is 5.69 Å². The predicted octanol–water partition coefficient (Wildman–Crippen LogP) is 3.96. The van der Waals surface area contributed by atoms with Gasteiger partial charge < -0.3 is 0 Å². The Bertz CT molecular complexity index is 630. The third kappa shape index (κ3) is 2.74. The van der Waals surface area contributed by atoms with Crippen molar-refractivity contribution in [3.05, 3.63) is 41.6 Å². The van der Waals surface area contributed by atoms with Gasteiger partial charge in [-0.1, -0.05) is 12.1 Å². The van der Waals surface area contributed by atoms with Crippen LogP contribution in [0.25, 0.3) is 11.3 Å². The smallest absolute Gasteiger partial charge is 0.298 e. The van der Waals surface area contributed by atoms with Crippen molar-refractivity contribution in [3.8, 4) is 11.3 Å². The number of benzene rings is 1. The SMILES string of the molecule is CC(C)n1cc(C=O)c(-c2cccc(C(F)(F)F)c2)n1. The number of alkyl halides is 3. The Labute approximate surface area is 114 Å². The Kier molecular flexibility index (Phi) is 3.65. The highest BCUT2D eigenvalue weighted by Gasteiger charge is 2.30. The maximum absolute atomic E-state index is 12.7. The van der Waals surface area contributed by atoms with Gasteiger partial charge in [0, 0.05) is 17.8 Å². The molecule has 0 unspecified atom stereocenters. The Morgan fingerprint density at radius 3 is 2.55 bits per heavy atom. The minimum atomic E-state index is -4.42. The molecule has 0 radical (unpaired) electrons. The molecule has 0 amide bonds. The zero-order valence-electron chi connectivity index (χ0n) is 11.0. The van der Waals surface area contributed by atoms with E-state index < -0.39 is 11.7 Å². The lowest BCUT2D eigenvalue weighted by atomic mass is 10.1. The molecule has 6 heteroatoms. The molecule has 0 bridgehead atoms. The molecule has 1 heterocycles. The zero-order valence-corrected chi connectivity index (χ0v) is 11.0. The molecule has 2 rings (SSSR count). The second-order valence-corrected chi connectivity index (χ2v) is 4.70. The van der Waals surface area contributed by atoms with Gasteiger partial charge in [-0.15, -0.1) is 0 Å². The first-order chi connectivity index (χ1) is 9.32. The van der Waals surface area contributed by atoms with Gasteiger partial charge in [-0.25, -0.2) is 0 Å². The first kappa shape index (κ1) is 14.3. The Morgan fingerprint density at radius 1 is 1.30 bits per heavy atom. The minimum Gasteiger partial charge on any atom is -0.298 e. The highest BCUT2D eigenvalue weighted by molar-refractivity contribution is 5.85. The summed E-state index contributed by atoms with van der Waals surface area (Å²) in [5.74, 6) is 0. The van der Waals surface area contributed by atoms with Crippen LogP contribution < -0.4 is 0 Å². The third-order valence-electron chi connectivity index (χ3n) is 2.88. The van der Waals surface area contributed by atoms with Crippen molar-refractivity contribution in [2.45, 2.75) is 26.1 Å². The summed E-state index contributed by atoms with van der Waals surface area (Å²) in [6.07, 6.45) is -2.29. The van der Waals surface area contributed by atoms with Gasteiger partial charge in [0.25, 0.3) is 0 Å². The van der Waals surface area contributed by atoms with Gasteiger partial charge in [-0.05, 0) is 26.0 Å². The molecule has 106 valence electrons. The summed E-state index contributed by atoms with van der Waals surface area (Å²) in [6, 6.07) is 4.83. The molecule has 0 atom stereocenters. The van der Waals surface area contributed by atoms with Crippen molar-refractivity contribution < 1.29 is 18.0 Å². The molecule has 0 fully saturated rings. The van der Waals surface area contributed by atoms with Crippen LogP contribution in [-0.4, -0.2) is 16.1 Å². The van der Waals surface area contributed by atoms with Gasteiger partial charge in [-0.2, -0.15) is 18.3 Å². The Balaban J connectivity index is 2.54. The molecule has 0 saturated heterocycles. The molecule has 1 aromatic heterocycles. The van der Waals surface area contributed by atoms with Gasteiger partial charge in [-0.3, -0.25) is 9.48 Å². The van der Waals surface area contributed by atoms with E-state index >= 15 is 0 Å². The van der Waals surface area contributed by atoms with Gasteiger partial charge >= 0.3 is 6.18 Å². The average Bonchev–Trinajstić information content (AvgIpc) is 2.82. The van der Waals surface area contributed by atoms with E-state index in [1.165, 1.54) is 18.3 Å². The highest BCUT2D eigenvalue weighted by Crippen LogP contribution is 2.32. The summed E-state index contributed by atoms with van der Waals surface area (Å²) in [7, 11) is 0. The van der Waals surface area contributed by atoms with Crippen molar-refractivity contribution in [2.75, 3.05) is 0 Å². The lowest BCUT2D eigenvalue weighted by Crippen LogP contribution is -2.05. The van der Waals surface area contributed by atoms with Crippen molar-refractivity contribution in [3.63, 3.8) is 0 Å². The fraction of sp³-hybridized carbons (Fsp3) is 0.286. The summed E-state index contributed by atoms with van der Waals surface area (Å²) in [4.78, 5) is 11.0. The summed E-state index contributed by atoms with van der Waals surface area (Å²) in [5.41, 5.74) is 0.0603. The summed E-state index contributed by atoms with van der Waals surface area (Å²) in [6.45, 7) is 3.75. The Hall–Kier alpha value is -2.11. The van der Waals surface area contributed by atoms with E-state index in [1.54, 1.807) is 4.68 Å². The van der Waals surface area contributed by atoms with E-state index in [1.807, 2.05) is 13.8 Å². The highest BCUT2D eigenvalue weighted by atomic mass is 19.4. The van der Waals surface area contributed by atoms with Crippen LogP contribution in [0.3, 0.4) is 0 Å². The summed E-state index contributed by atoms with van der Waals surface area (Å²) in [5, 5.41) is 4.19. The topological polar surface area (TPSA) is 34.9 Å². The molecule has 2 aromatic rings. The largest absolute Gasteiger partial charge is 0.416 e. The van der Waals surface area contributed by atoms with E-state index in [4.69, 9.17) is 0 Å². The van der Waals surface area contributed by atoms with E-state index in [0.29, 0.717) is 6.29 Å². The van der Waals surface area contributed by atoms with Crippen molar-refractivity contribution in [1.82, 2.24) is 9.78 Å². The first-order valence-electron chi connectivity index (χ1n) is 6.05. The standard InChI is InChI=1S/C14H13F3N2O/c1-9(2)19-7-11(8-20)13(18-19)10-4-3-5-12(6-10)14(15,16)17/h3-9H,1-2H3. The normalized spacial score (nSPS) is 11.9. The molecular formula is C14H13F3N2O. The monoisotopic (exact) mass is 282 g/mol. The molecule has 0 aliphatic heterocycles. The second-order valence-electron chi connectivity index (χ2n) is 4.70. The van der Waals surface area contributed by atoms with Gasteiger partial charge in [0.15, 0.2) is 6.29 Å². The van der Waals surface area contributed by atoms with Crippen LogP contribution in [0.4, 0.5) is 13.2 Å². The molecule has 3 nitrogen and oxygen atoms in total. The number of carbonyl (C=O) groups is 1. The number of carbonyl (C=O) groups excluding carboxylic acids is 1. The lowest BCUT2D eigenvalue weighted by molar-refractivity contribution is -0.137. The van der Waals surface area contributed by atoms with E-state index in [2.05, 4.69) is 5.10 Å². The molecule has 0 spiro atoms. The zero-order chi connectivity index (χ0) is 14.9. The summed E-state index contributed by atoms with van der Waals surface area (Å²) >= 11 is 0. The maximum Gasteiger partial charge on any atom is 0.416 e. The molecule has 0 aliphatic carbocycles. The predicted molar refractivity (Wildman–Crippen MR) is 68.4 cm³/mol. The van der Waals surface area contributed by atoms with Crippen molar-refractivity contribution in [1.29, 1.82) is 0 Å². The van der Waals surface area contributed by atoms with Crippen LogP contribution in [-0.2, 0) is 6.18 Å². The van der Waals surface area contributed by atoms with Crippen LogP contribution in [0.5, 0.6) is 0 Å². The van der Waals surface area contributed by atoms with Crippen molar-refractivity contribution in [2.24, 2.45) is 0 Å². The number of rotatable bonds is 3. The maximum atomic E-state index is 12.7. The van der Waals surface area contributed by atoms with Crippen LogP contribution in [0.2, 0.25) is 0 Å². The number of halogens is 3. The molecule has 0 saturated carbocycles. The fourth-order valence-corrected chi connectivity index (χ4v) is 1.82. The van der Waals surface area contributed by atoms with Crippen LogP contribution in [0.15, 0.2) is 30.5 Å². The second kappa shape index (κ2) is 5.11. The lowest BCUT2D eigenvalue weighted by Gasteiger charge is -2.08. The molecular weight excluding hydrogens is 269 g/mol. The average molecular weight is 282 g/mol. The first-order valence-corrected chi connectivity index (χ1v) is 6.05. The fourth-order valence-electron chi connectivity index (χ4n) is 1.82. The third-order valence-corrected chi connectivity index (χ3v) is 2.88. The van der Waals surface area contributed by atoms with Gasteiger partial charge in [0.2, 0.25) is 0 Å². The van der Waals surface area contributed by atoms with Crippen LogP contribution >= 0.6 is 0 Å². The molecule has 1 aromatic carbocycles. The number of aldehydes is 1. The van der Waals surface area contributed by atoms with E-state index in [9.17, 15) is 18.0 Å². The number of hydrogen-bond donors (Lipinski definition) is 0. The van der Waals surface area contributed by atoms with Crippen LogP contribution in [0.1, 0.15) is 35.8 Å².